The monoisotopic (exact) mass is 414 g/mol. The summed E-state index contributed by atoms with van der Waals surface area (Å²) in [6.45, 7) is 0.804. The van der Waals surface area contributed by atoms with Crippen LogP contribution in [-0.2, 0) is 10.0 Å². The lowest BCUT2D eigenvalue weighted by Gasteiger charge is -2.30. The Bertz CT molecular complexity index is 627. The number of nitrogens with two attached hydrogens (primary N) is 1. The van der Waals surface area contributed by atoms with Crippen molar-refractivity contribution in [1.29, 1.82) is 0 Å². The molecule has 1 fully saturated rings. The number of methoxy groups -OCH3 is 2. The number of halogens is 2. The summed E-state index contributed by atoms with van der Waals surface area (Å²) in [5.41, 5.74) is 5.88. The molecular formula is C13H20BrClN2O4S. The Labute approximate surface area is 145 Å². The number of hydrogen-bond donors (Lipinski definition) is 1. The Morgan fingerprint density at radius 1 is 1.27 bits per heavy atom. The van der Waals surface area contributed by atoms with Gasteiger partial charge in [0, 0.05) is 25.2 Å². The summed E-state index contributed by atoms with van der Waals surface area (Å²) >= 11 is 3.31. The zero-order valence-electron chi connectivity index (χ0n) is 12.4. The van der Waals surface area contributed by atoms with Crippen LogP contribution in [0.1, 0.15) is 12.8 Å². The normalized spacial score (nSPS) is 19.4. The van der Waals surface area contributed by atoms with Gasteiger partial charge in [-0.05, 0) is 34.8 Å². The molecular weight excluding hydrogens is 396 g/mol. The molecule has 0 amide bonds. The van der Waals surface area contributed by atoms with Gasteiger partial charge in [0.1, 0.15) is 16.4 Å². The van der Waals surface area contributed by atoms with Crippen molar-refractivity contribution < 1.29 is 17.9 Å². The van der Waals surface area contributed by atoms with Crippen molar-refractivity contribution in [3.05, 3.63) is 16.6 Å². The predicted octanol–water partition coefficient (Wildman–Crippen LogP) is 2.00. The van der Waals surface area contributed by atoms with Crippen molar-refractivity contribution in [2.75, 3.05) is 27.3 Å². The van der Waals surface area contributed by atoms with Crippen molar-refractivity contribution in [3.8, 4) is 11.5 Å². The number of sulfonamides is 1. The van der Waals surface area contributed by atoms with Crippen LogP contribution < -0.4 is 15.2 Å². The van der Waals surface area contributed by atoms with E-state index in [2.05, 4.69) is 15.9 Å². The minimum atomic E-state index is -3.64. The largest absolute Gasteiger partial charge is 0.495 e. The summed E-state index contributed by atoms with van der Waals surface area (Å²) in [5, 5.41) is 0. The van der Waals surface area contributed by atoms with Gasteiger partial charge in [-0.3, -0.25) is 0 Å². The summed E-state index contributed by atoms with van der Waals surface area (Å²) in [5.74, 6) is 0.773. The molecule has 1 aliphatic rings. The van der Waals surface area contributed by atoms with Crippen LogP contribution in [-0.4, -0.2) is 46.1 Å². The van der Waals surface area contributed by atoms with Gasteiger partial charge < -0.3 is 15.2 Å². The number of nitrogens with zero attached hydrogens (tertiary/aromatic N) is 1. The van der Waals surface area contributed by atoms with E-state index in [1.54, 1.807) is 6.07 Å². The van der Waals surface area contributed by atoms with Gasteiger partial charge in [-0.15, -0.1) is 12.4 Å². The molecule has 9 heteroatoms. The van der Waals surface area contributed by atoms with E-state index >= 15 is 0 Å². The van der Waals surface area contributed by atoms with E-state index in [0.29, 0.717) is 23.3 Å². The summed E-state index contributed by atoms with van der Waals surface area (Å²) in [7, 11) is -0.697. The molecule has 2 N–H and O–H groups in total. The van der Waals surface area contributed by atoms with E-state index in [-0.39, 0.29) is 29.1 Å². The minimum Gasteiger partial charge on any atom is -0.495 e. The molecule has 1 aliphatic heterocycles. The van der Waals surface area contributed by atoms with E-state index in [9.17, 15) is 8.42 Å². The van der Waals surface area contributed by atoms with Gasteiger partial charge in [-0.1, -0.05) is 0 Å². The van der Waals surface area contributed by atoms with Gasteiger partial charge >= 0.3 is 0 Å². The highest BCUT2D eigenvalue weighted by Crippen LogP contribution is 2.37. The van der Waals surface area contributed by atoms with Crippen molar-refractivity contribution in [1.82, 2.24) is 4.31 Å². The molecule has 0 radical (unpaired) electrons. The lowest BCUT2D eigenvalue weighted by molar-refractivity contribution is 0.313. The molecule has 1 unspecified atom stereocenters. The zero-order chi connectivity index (χ0) is 15.6. The van der Waals surface area contributed by atoms with Gasteiger partial charge in [-0.25, -0.2) is 8.42 Å². The molecule has 1 aromatic rings. The van der Waals surface area contributed by atoms with Crippen LogP contribution in [0.25, 0.3) is 0 Å². The van der Waals surface area contributed by atoms with E-state index < -0.39 is 10.0 Å². The quantitative estimate of drug-likeness (QED) is 0.813. The Kier molecular flexibility index (Phi) is 6.94. The summed E-state index contributed by atoms with van der Waals surface area (Å²) in [4.78, 5) is 0.117. The highest BCUT2D eigenvalue weighted by molar-refractivity contribution is 9.10. The van der Waals surface area contributed by atoms with E-state index in [1.807, 2.05) is 0 Å². The van der Waals surface area contributed by atoms with E-state index in [4.69, 9.17) is 15.2 Å². The first-order valence-electron chi connectivity index (χ1n) is 6.57. The van der Waals surface area contributed by atoms with E-state index in [0.717, 1.165) is 12.8 Å². The predicted molar refractivity (Wildman–Crippen MR) is 90.5 cm³/mol. The fraction of sp³-hybridized carbons (Fsp3) is 0.538. The van der Waals surface area contributed by atoms with Crippen LogP contribution in [0.5, 0.6) is 11.5 Å². The maximum absolute atomic E-state index is 12.8. The molecule has 0 bridgehead atoms. The molecule has 0 saturated carbocycles. The molecule has 126 valence electrons. The van der Waals surface area contributed by atoms with Gasteiger partial charge in [0.2, 0.25) is 10.0 Å². The first-order chi connectivity index (χ1) is 9.90. The first-order valence-corrected chi connectivity index (χ1v) is 8.80. The van der Waals surface area contributed by atoms with Crippen LogP contribution in [0.2, 0.25) is 0 Å². The lowest BCUT2D eigenvalue weighted by Crippen LogP contribution is -2.45. The molecule has 0 spiro atoms. The Morgan fingerprint density at radius 3 is 2.45 bits per heavy atom. The summed E-state index contributed by atoms with van der Waals surface area (Å²) in [6, 6.07) is 2.94. The molecule has 1 atom stereocenters. The average molecular weight is 416 g/mol. The fourth-order valence-electron chi connectivity index (χ4n) is 2.37. The third-order valence-corrected chi connectivity index (χ3v) is 5.98. The van der Waals surface area contributed by atoms with Gasteiger partial charge in [0.05, 0.1) is 18.7 Å². The lowest BCUT2D eigenvalue weighted by atomic mass is 10.1. The number of ether oxygens (including phenoxy) is 2. The van der Waals surface area contributed by atoms with Crippen LogP contribution in [0.4, 0.5) is 0 Å². The molecule has 2 rings (SSSR count). The standard InChI is InChI=1S/C13H19BrN2O4S.ClH/c1-19-11-7-12(20-2)13(6-10(11)14)21(17,18)16-5-3-4-9(15)8-16;/h6-7,9H,3-5,8,15H2,1-2H3;1H. The third-order valence-electron chi connectivity index (χ3n) is 3.48. The fourth-order valence-corrected chi connectivity index (χ4v) is 4.72. The molecule has 22 heavy (non-hydrogen) atoms. The number of rotatable bonds is 4. The molecule has 1 heterocycles. The molecule has 1 saturated heterocycles. The molecule has 0 aliphatic carbocycles. The first kappa shape index (κ1) is 19.5. The van der Waals surface area contributed by atoms with Gasteiger partial charge in [-0.2, -0.15) is 4.31 Å². The second-order valence-corrected chi connectivity index (χ2v) is 7.66. The SMILES string of the molecule is COc1cc(OC)c(S(=O)(=O)N2CCCC(N)C2)cc1Br.Cl. The maximum Gasteiger partial charge on any atom is 0.246 e. The Morgan fingerprint density at radius 2 is 1.91 bits per heavy atom. The van der Waals surface area contributed by atoms with Gasteiger partial charge in [0.15, 0.2) is 0 Å². The smallest absolute Gasteiger partial charge is 0.246 e. The zero-order valence-corrected chi connectivity index (χ0v) is 15.6. The van der Waals surface area contributed by atoms with Crippen molar-refractivity contribution in [2.24, 2.45) is 5.73 Å². The second-order valence-electron chi connectivity index (χ2n) is 4.90. The summed E-state index contributed by atoms with van der Waals surface area (Å²) < 4.78 is 37.9. The topological polar surface area (TPSA) is 81.9 Å². The highest BCUT2D eigenvalue weighted by atomic mass is 79.9. The van der Waals surface area contributed by atoms with Crippen LogP contribution in [0.3, 0.4) is 0 Å². The minimum absolute atomic E-state index is 0. The van der Waals surface area contributed by atoms with Crippen molar-refractivity contribution >= 4 is 38.4 Å². The maximum atomic E-state index is 12.8. The van der Waals surface area contributed by atoms with Gasteiger partial charge in [0.25, 0.3) is 0 Å². The third kappa shape index (κ3) is 3.86. The Hall–Kier alpha value is -0.540. The van der Waals surface area contributed by atoms with Crippen LogP contribution in [0, 0.1) is 0 Å². The Balaban J connectivity index is 0.00000242. The average Bonchev–Trinajstić information content (AvgIpc) is 2.47. The number of hydrogen-bond acceptors (Lipinski definition) is 5. The van der Waals surface area contributed by atoms with Crippen LogP contribution in [0.15, 0.2) is 21.5 Å². The van der Waals surface area contributed by atoms with Crippen molar-refractivity contribution in [3.63, 3.8) is 0 Å². The molecule has 0 aromatic heterocycles. The molecule has 6 nitrogen and oxygen atoms in total. The number of benzene rings is 1. The summed E-state index contributed by atoms with van der Waals surface area (Å²) in [6.07, 6.45) is 1.61. The highest BCUT2D eigenvalue weighted by Gasteiger charge is 2.32. The van der Waals surface area contributed by atoms with E-state index in [1.165, 1.54) is 24.6 Å². The number of piperidine rings is 1. The van der Waals surface area contributed by atoms with Crippen molar-refractivity contribution in [2.45, 2.75) is 23.8 Å². The molecule has 1 aromatic carbocycles. The second kappa shape index (κ2) is 7.83. The van der Waals surface area contributed by atoms with Crippen LogP contribution >= 0.6 is 28.3 Å².